The molecule has 0 aromatic carbocycles. The van der Waals surface area contributed by atoms with Crippen LogP contribution in [0.4, 0.5) is 0 Å². The molecule has 3 aromatic heterocycles. The fraction of sp³-hybridized carbons (Fsp3) is 0.286. The molecule has 0 aliphatic heterocycles. The number of rotatable bonds is 4. The van der Waals surface area contributed by atoms with Gasteiger partial charge >= 0.3 is 5.97 Å². The molecule has 0 bridgehead atoms. The van der Waals surface area contributed by atoms with Gasteiger partial charge in [-0.2, -0.15) is 10.2 Å². The summed E-state index contributed by atoms with van der Waals surface area (Å²) in [6.07, 6.45) is 1.68. The van der Waals surface area contributed by atoms with Crippen LogP contribution in [0.15, 0.2) is 17.8 Å². The van der Waals surface area contributed by atoms with Crippen molar-refractivity contribution >= 4 is 17.3 Å². The summed E-state index contributed by atoms with van der Waals surface area (Å²) in [7, 11) is 1.88. The van der Waals surface area contributed by atoms with Gasteiger partial charge in [0.2, 0.25) is 0 Å². The Kier molecular flexibility index (Phi) is 3.76. The van der Waals surface area contributed by atoms with Crippen molar-refractivity contribution in [2.45, 2.75) is 20.5 Å². The number of hydrogen-bond acceptors (Lipinski definition) is 6. The number of aromatic nitrogens is 5. The predicted octanol–water partition coefficient (Wildman–Crippen LogP) is 2.24. The summed E-state index contributed by atoms with van der Waals surface area (Å²) in [5.41, 5.74) is 5.51. The van der Waals surface area contributed by atoms with Crippen LogP contribution in [-0.4, -0.2) is 30.9 Å². The maximum atomic E-state index is 12.0. The van der Waals surface area contributed by atoms with E-state index in [0.29, 0.717) is 11.4 Å². The van der Waals surface area contributed by atoms with E-state index in [0.717, 1.165) is 21.8 Å². The van der Waals surface area contributed by atoms with E-state index in [1.165, 1.54) is 11.3 Å². The van der Waals surface area contributed by atoms with Crippen LogP contribution in [0.2, 0.25) is 0 Å². The molecule has 3 heterocycles. The third-order valence-electron chi connectivity index (χ3n) is 3.39. The minimum absolute atomic E-state index is 0.211. The molecule has 8 heteroatoms. The fourth-order valence-corrected chi connectivity index (χ4v) is 2.73. The Morgan fingerprint density at radius 2 is 2.27 bits per heavy atom. The van der Waals surface area contributed by atoms with Gasteiger partial charge in [-0.25, -0.2) is 4.79 Å². The van der Waals surface area contributed by atoms with Crippen molar-refractivity contribution in [2.75, 3.05) is 0 Å². The number of ether oxygens (including phenoxy) is 1. The minimum Gasteiger partial charge on any atom is -0.455 e. The summed E-state index contributed by atoms with van der Waals surface area (Å²) in [5, 5.41) is 11.3. The molecule has 0 aliphatic carbocycles. The van der Waals surface area contributed by atoms with Crippen LogP contribution in [0.1, 0.15) is 26.8 Å². The average Bonchev–Trinajstić information content (AvgIpc) is 3.19. The second kappa shape index (κ2) is 5.72. The summed E-state index contributed by atoms with van der Waals surface area (Å²) in [6.45, 7) is 4.09. The molecule has 3 aromatic rings. The number of esters is 1. The topological polar surface area (TPSA) is 85.7 Å². The number of hydrogen-bond donors (Lipinski definition) is 1. The normalized spacial score (nSPS) is 10.9. The number of thiazole rings is 1. The molecule has 0 radical (unpaired) electrons. The van der Waals surface area contributed by atoms with Crippen LogP contribution in [-0.2, 0) is 18.4 Å². The highest BCUT2D eigenvalue weighted by Crippen LogP contribution is 2.25. The molecule has 3 rings (SSSR count). The van der Waals surface area contributed by atoms with Crippen molar-refractivity contribution in [2.24, 2.45) is 7.05 Å². The van der Waals surface area contributed by atoms with Gasteiger partial charge in [0.15, 0.2) is 0 Å². The zero-order valence-corrected chi connectivity index (χ0v) is 13.3. The lowest BCUT2D eigenvalue weighted by Gasteiger charge is -1.99. The van der Waals surface area contributed by atoms with Gasteiger partial charge in [-0.15, -0.1) is 11.3 Å². The molecule has 7 nitrogen and oxygen atoms in total. The summed E-state index contributed by atoms with van der Waals surface area (Å²) < 4.78 is 7.02. The van der Waals surface area contributed by atoms with Gasteiger partial charge in [-0.05, 0) is 19.9 Å². The first-order valence-electron chi connectivity index (χ1n) is 6.66. The van der Waals surface area contributed by atoms with Gasteiger partial charge in [0, 0.05) is 24.5 Å². The van der Waals surface area contributed by atoms with E-state index in [2.05, 4.69) is 20.3 Å². The number of aromatic amines is 1. The van der Waals surface area contributed by atoms with Gasteiger partial charge in [0.1, 0.15) is 12.3 Å². The Balaban J connectivity index is 1.77. The second-order valence-corrected chi connectivity index (χ2v) is 5.85. The zero-order chi connectivity index (χ0) is 15.7. The first kappa shape index (κ1) is 14.5. The van der Waals surface area contributed by atoms with Gasteiger partial charge in [0.05, 0.1) is 21.8 Å². The average molecular weight is 317 g/mol. The summed E-state index contributed by atoms with van der Waals surface area (Å²) in [4.78, 5) is 16.9. The lowest BCUT2D eigenvalue weighted by atomic mass is 10.1. The van der Waals surface area contributed by atoms with Crippen LogP contribution in [0.5, 0.6) is 0 Å². The third-order valence-corrected chi connectivity index (χ3v) is 4.15. The molecular weight excluding hydrogens is 302 g/mol. The lowest BCUT2D eigenvalue weighted by Crippen LogP contribution is -2.04. The lowest BCUT2D eigenvalue weighted by molar-refractivity contribution is 0.0469. The quantitative estimate of drug-likeness (QED) is 0.746. The van der Waals surface area contributed by atoms with Crippen LogP contribution in [0, 0.1) is 13.8 Å². The van der Waals surface area contributed by atoms with E-state index in [1.54, 1.807) is 22.5 Å². The van der Waals surface area contributed by atoms with Gasteiger partial charge < -0.3 is 4.74 Å². The molecule has 0 saturated carbocycles. The molecule has 22 heavy (non-hydrogen) atoms. The van der Waals surface area contributed by atoms with Crippen molar-refractivity contribution in [1.82, 2.24) is 25.0 Å². The van der Waals surface area contributed by atoms with Crippen molar-refractivity contribution in [3.63, 3.8) is 0 Å². The van der Waals surface area contributed by atoms with Crippen molar-refractivity contribution in [3.8, 4) is 11.3 Å². The zero-order valence-electron chi connectivity index (χ0n) is 12.5. The summed E-state index contributed by atoms with van der Waals surface area (Å²) >= 11 is 1.44. The van der Waals surface area contributed by atoms with Gasteiger partial charge in [-0.1, -0.05) is 0 Å². The van der Waals surface area contributed by atoms with Gasteiger partial charge in [0.25, 0.3) is 0 Å². The fourth-order valence-electron chi connectivity index (χ4n) is 2.23. The minimum atomic E-state index is -0.439. The molecular formula is C14H15N5O2S. The molecule has 0 unspecified atom stereocenters. The predicted molar refractivity (Wildman–Crippen MR) is 81.5 cm³/mol. The highest BCUT2D eigenvalue weighted by Gasteiger charge is 2.18. The van der Waals surface area contributed by atoms with Crippen LogP contribution in [0.25, 0.3) is 11.3 Å². The molecule has 0 spiro atoms. The molecule has 0 aliphatic rings. The largest absolute Gasteiger partial charge is 0.455 e. The maximum absolute atomic E-state index is 12.0. The van der Waals surface area contributed by atoms with Crippen LogP contribution < -0.4 is 0 Å². The van der Waals surface area contributed by atoms with E-state index in [4.69, 9.17) is 4.74 Å². The molecule has 1 N–H and O–H groups in total. The monoisotopic (exact) mass is 317 g/mol. The van der Waals surface area contributed by atoms with E-state index >= 15 is 0 Å². The third kappa shape index (κ3) is 2.64. The van der Waals surface area contributed by atoms with Crippen LogP contribution >= 0.6 is 11.3 Å². The number of carbonyl (C=O) groups excluding carboxylic acids is 1. The highest BCUT2D eigenvalue weighted by molar-refractivity contribution is 7.09. The number of nitrogens with zero attached hydrogens (tertiary/aromatic N) is 4. The highest BCUT2D eigenvalue weighted by atomic mass is 32.1. The SMILES string of the molecule is Cc1nn(C)c(C)c1-c1cc(C(=O)OCc2cncs2)[nH]n1. The Morgan fingerprint density at radius 3 is 2.91 bits per heavy atom. The molecule has 0 saturated heterocycles. The van der Waals surface area contributed by atoms with Gasteiger partial charge in [-0.3, -0.25) is 14.8 Å². The standard InChI is InChI=1S/C14H15N5O2S/c1-8-13(9(2)19(3)18-8)11-4-12(17-16-11)14(20)21-6-10-5-15-7-22-10/h4-5,7H,6H2,1-3H3,(H,16,17). The summed E-state index contributed by atoms with van der Waals surface area (Å²) in [6, 6.07) is 1.69. The van der Waals surface area contributed by atoms with E-state index in [9.17, 15) is 4.79 Å². The molecule has 114 valence electrons. The summed E-state index contributed by atoms with van der Waals surface area (Å²) in [5.74, 6) is -0.439. The van der Waals surface area contributed by atoms with Crippen molar-refractivity contribution < 1.29 is 9.53 Å². The second-order valence-electron chi connectivity index (χ2n) is 4.88. The van der Waals surface area contributed by atoms with Crippen LogP contribution in [0.3, 0.4) is 0 Å². The van der Waals surface area contributed by atoms with E-state index < -0.39 is 5.97 Å². The smallest absolute Gasteiger partial charge is 0.356 e. The number of H-pyrrole nitrogens is 1. The van der Waals surface area contributed by atoms with E-state index in [-0.39, 0.29) is 6.61 Å². The van der Waals surface area contributed by atoms with E-state index in [1.807, 2.05) is 20.9 Å². The Labute approximate surface area is 131 Å². The molecule has 0 amide bonds. The maximum Gasteiger partial charge on any atom is 0.356 e. The Hall–Kier alpha value is -2.48. The number of nitrogens with one attached hydrogen (secondary N) is 1. The Morgan fingerprint density at radius 1 is 1.45 bits per heavy atom. The number of carbonyl (C=O) groups is 1. The molecule has 0 fully saturated rings. The Bertz CT molecular complexity index is 803. The first-order valence-corrected chi connectivity index (χ1v) is 7.54. The first-order chi connectivity index (χ1) is 10.6. The van der Waals surface area contributed by atoms with Crippen molar-refractivity contribution in [1.29, 1.82) is 0 Å². The van der Waals surface area contributed by atoms with Crippen molar-refractivity contribution in [3.05, 3.63) is 39.7 Å². The number of aryl methyl sites for hydroxylation is 2. The molecule has 0 atom stereocenters.